The number of halogens is 1. The van der Waals surface area contributed by atoms with Crippen molar-refractivity contribution in [3.8, 4) is 11.6 Å². The van der Waals surface area contributed by atoms with Gasteiger partial charge in [0.15, 0.2) is 5.65 Å². The number of fused-ring (bicyclic) bond motifs is 1. The summed E-state index contributed by atoms with van der Waals surface area (Å²) in [4.78, 5) is 15.1. The van der Waals surface area contributed by atoms with Crippen molar-refractivity contribution in [1.82, 2.24) is 30.0 Å². The van der Waals surface area contributed by atoms with Gasteiger partial charge in [-0.2, -0.15) is 0 Å². The van der Waals surface area contributed by atoms with E-state index < -0.39 is 0 Å². The van der Waals surface area contributed by atoms with Crippen LogP contribution in [0.25, 0.3) is 11.0 Å². The van der Waals surface area contributed by atoms with Crippen LogP contribution in [0.2, 0.25) is 5.02 Å². The number of aliphatic hydroxyl groups is 1. The molecule has 35 heavy (non-hydrogen) atoms. The van der Waals surface area contributed by atoms with Gasteiger partial charge in [-0.1, -0.05) is 17.7 Å². The Hall–Kier alpha value is -3.47. The highest BCUT2D eigenvalue weighted by atomic mass is 35.5. The Balaban J connectivity index is 1.26. The first kappa shape index (κ1) is 23.3. The lowest BCUT2D eigenvalue weighted by Gasteiger charge is -2.22. The molecule has 0 saturated carbocycles. The molecule has 10 nitrogen and oxygen atoms in total. The number of aromatic amines is 1. The number of hydrogen-bond acceptors (Lipinski definition) is 9. The minimum atomic E-state index is 0.169. The van der Waals surface area contributed by atoms with E-state index in [-0.39, 0.29) is 12.6 Å². The second-order valence-corrected chi connectivity index (χ2v) is 8.62. The molecule has 4 heterocycles. The number of ether oxygens (including phenoxy) is 2. The van der Waals surface area contributed by atoms with Gasteiger partial charge in [-0.25, -0.2) is 9.97 Å². The smallest absolute Gasteiger partial charge is 0.246 e. The molecule has 1 atom stereocenters. The van der Waals surface area contributed by atoms with Crippen LogP contribution in [-0.4, -0.2) is 67.5 Å². The summed E-state index contributed by atoms with van der Waals surface area (Å²) in [6, 6.07) is 11.3. The van der Waals surface area contributed by atoms with Crippen LogP contribution in [0.4, 0.5) is 11.5 Å². The van der Waals surface area contributed by atoms with Gasteiger partial charge in [0.1, 0.15) is 36.5 Å². The molecule has 0 aliphatic carbocycles. The van der Waals surface area contributed by atoms with Gasteiger partial charge in [-0.05, 0) is 49.7 Å². The summed E-state index contributed by atoms with van der Waals surface area (Å²) < 4.78 is 11.8. The fourth-order valence-corrected chi connectivity index (χ4v) is 4.39. The van der Waals surface area contributed by atoms with E-state index in [0.717, 1.165) is 30.8 Å². The molecular formula is C24H26ClN7O3. The summed E-state index contributed by atoms with van der Waals surface area (Å²) in [6.45, 7) is 2.62. The van der Waals surface area contributed by atoms with E-state index in [1.54, 1.807) is 18.3 Å². The largest absolute Gasteiger partial charge is 0.486 e. The highest BCUT2D eigenvalue weighted by Crippen LogP contribution is 2.33. The van der Waals surface area contributed by atoms with Crippen LogP contribution in [0.3, 0.4) is 0 Å². The number of anilines is 2. The van der Waals surface area contributed by atoms with Crippen molar-refractivity contribution in [1.29, 1.82) is 0 Å². The lowest BCUT2D eigenvalue weighted by molar-refractivity contribution is 0.138. The summed E-state index contributed by atoms with van der Waals surface area (Å²) in [5.41, 5.74) is 2.11. The Labute approximate surface area is 207 Å². The lowest BCUT2D eigenvalue weighted by atomic mass is 10.2. The van der Waals surface area contributed by atoms with Gasteiger partial charge < -0.3 is 19.9 Å². The standard InChI is InChI=1S/C24H26ClN7O3/c25-19-12-16(6-7-20(19)35-14-17-4-1-2-8-26-17)29-22-21-23(28-15-27-22)30-31-24(21)34-11-10-32-9-3-5-18(32)13-33/h1-2,4,6-8,12,15,18,33H,3,5,9-11,13-14H2,(H2,27,28,29,30,31)/t18-/m0/s1. The minimum absolute atomic E-state index is 0.169. The maximum atomic E-state index is 9.51. The third kappa shape index (κ3) is 5.45. The summed E-state index contributed by atoms with van der Waals surface area (Å²) in [6.07, 6.45) is 5.28. The second kappa shape index (κ2) is 10.9. The van der Waals surface area contributed by atoms with Gasteiger partial charge in [0.2, 0.25) is 5.88 Å². The number of rotatable bonds is 10. The monoisotopic (exact) mass is 495 g/mol. The lowest BCUT2D eigenvalue weighted by Crippen LogP contribution is -2.35. The molecule has 0 radical (unpaired) electrons. The van der Waals surface area contributed by atoms with Crippen LogP contribution in [0.1, 0.15) is 18.5 Å². The van der Waals surface area contributed by atoms with E-state index in [0.29, 0.717) is 53.3 Å². The highest BCUT2D eigenvalue weighted by molar-refractivity contribution is 6.32. The van der Waals surface area contributed by atoms with E-state index in [2.05, 4.69) is 35.4 Å². The molecule has 3 aromatic heterocycles. The Morgan fingerprint density at radius 3 is 2.94 bits per heavy atom. The van der Waals surface area contributed by atoms with Crippen LogP contribution in [0.15, 0.2) is 48.9 Å². The van der Waals surface area contributed by atoms with Crippen LogP contribution >= 0.6 is 11.6 Å². The number of hydrogen-bond donors (Lipinski definition) is 3. The zero-order valence-corrected chi connectivity index (χ0v) is 19.8. The van der Waals surface area contributed by atoms with Crippen LogP contribution in [0, 0.1) is 0 Å². The van der Waals surface area contributed by atoms with E-state index in [1.165, 1.54) is 6.33 Å². The summed E-state index contributed by atoms with van der Waals surface area (Å²) in [5, 5.41) is 21.1. The molecule has 0 unspecified atom stereocenters. The quantitative estimate of drug-likeness (QED) is 0.303. The molecule has 0 amide bonds. The van der Waals surface area contributed by atoms with E-state index in [4.69, 9.17) is 21.1 Å². The molecule has 5 rings (SSSR count). The van der Waals surface area contributed by atoms with Gasteiger partial charge in [0.25, 0.3) is 0 Å². The molecule has 1 aromatic carbocycles. The molecule has 1 saturated heterocycles. The molecule has 0 bridgehead atoms. The van der Waals surface area contributed by atoms with Crippen molar-refractivity contribution in [2.24, 2.45) is 0 Å². The second-order valence-electron chi connectivity index (χ2n) is 8.22. The molecule has 1 aliphatic heterocycles. The van der Waals surface area contributed by atoms with Crippen molar-refractivity contribution in [3.05, 3.63) is 59.6 Å². The van der Waals surface area contributed by atoms with Crippen molar-refractivity contribution >= 4 is 34.1 Å². The number of likely N-dealkylation sites (tertiary alicyclic amines) is 1. The predicted octanol–water partition coefficient (Wildman–Crippen LogP) is 3.56. The predicted molar refractivity (Wildman–Crippen MR) is 132 cm³/mol. The normalized spacial score (nSPS) is 16.0. The van der Waals surface area contributed by atoms with Gasteiger partial charge >= 0.3 is 0 Å². The first-order chi connectivity index (χ1) is 17.2. The van der Waals surface area contributed by atoms with Gasteiger partial charge in [0, 0.05) is 24.5 Å². The number of aromatic nitrogens is 5. The summed E-state index contributed by atoms with van der Waals surface area (Å²) in [7, 11) is 0. The number of benzene rings is 1. The van der Waals surface area contributed by atoms with Crippen molar-refractivity contribution < 1.29 is 14.6 Å². The van der Waals surface area contributed by atoms with E-state index >= 15 is 0 Å². The zero-order chi connectivity index (χ0) is 24.0. The van der Waals surface area contributed by atoms with Crippen LogP contribution < -0.4 is 14.8 Å². The number of H-pyrrole nitrogens is 1. The van der Waals surface area contributed by atoms with Gasteiger partial charge in [-0.3, -0.25) is 15.0 Å². The van der Waals surface area contributed by atoms with Crippen molar-refractivity contribution in [3.63, 3.8) is 0 Å². The number of pyridine rings is 1. The molecule has 11 heteroatoms. The van der Waals surface area contributed by atoms with Crippen LogP contribution in [-0.2, 0) is 6.61 Å². The molecular weight excluding hydrogens is 470 g/mol. The van der Waals surface area contributed by atoms with Crippen molar-refractivity contribution in [2.75, 3.05) is 31.6 Å². The average Bonchev–Trinajstić information content (AvgIpc) is 3.52. The Bertz CT molecular complexity index is 1270. The molecule has 1 aliphatic rings. The molecule has 1 fully saturated rings. The number of nitrogens with zero attached hydrogens (tertiary/aromatic N) is 5. The zero-order valence-electron chi connectivity index (χ0n) is 19.0. The fourth-order valence-electron chi connectivity index (χ4n) is 4.16. The highest BCUT2D eigenvalue weighted by Gasteiger charge is 2.23. The van der Waals surface area contributed by atoms with Crippen LogP contribution in [0.5, 0.6) is 11.6 Å². The SMILES string of the molecule is OC[C@@H]1CCCN1CCOc1n[nH]c2ncnc(Nc3ccc(OCc4ccccn4)c(Cl)c3)c12. The Kier molecular flexibility index (Phi) is 7.22. The summed E-state index contributed by atoms with van der Waals surface area (Å²) >= 11 is 6.46. The third-order valence-electron chi connectivity index (χ3n) is 5.95. The fraction of sp³-hybridized carbons (Fsp3) is 0.333. The van der Waals surface area contributed by atoms with Gasteiger partial charge in [0.05, 0.1) is 17.3 Å². The number of aliphatic hydroxyl groups excluding tert-OH is 1. The Morgan fingerprint density at radius 1 is 1.17 bits per heavy atom. The number of nitrogens with one attached hydrogen (secondary N) is 2. The molecule has 3 N–H and O–H groups in total. The van der Waals surface area contributed by atoms with Crippen molar-refractivity contribution in [2.45, 2.75) is 25.5 Å². The minimum Gasteiger partial charge on any atom is -0.486 e. The molecule has 182 valence electrons. The van der Waals surface area contributed by atoms with E-state index in [1.807, 2.05) is 24.3 Å². The van der Waals surface area contributed by atoms with E-state index in [9.17, 15) is 5.11 Å². The van der Waals surface area contributed by atoms with Gasteiger partial charge in [-0.15, -0.1) is 5.10 Å². The average molecular weight is 496 g/mol. The maximum absolute atomic E-state index is 9.51. The summed E-state index contributed by atoms with van der Waals surface area (Å²) in [5.74, 6) is 1.53. The molecule has 4 aromatic rings. The topological polar surface area (TPSA) is 121 Å². The third-order valence-corrected chi connectivity index (χ3v) is 6.24. The first-order valence-electron chi connectivity index (χ1n) is 11.5. The first-order valence-corrected chi connectivity index (χ1v) is 11.8. The maximum Gasteiger partial charge on any atom is 0.246 e. The molecule has 0 spiro atoms. The Morgan fingerprint density at radius 2 is 2.11 bits per heavy atom.